The number of rotatable bonds is 8. The van der Waals surface area contributed by atoms with E-state index >= 15 is 0 Å². The standard InChI is InChI=1S/C58H41N5/c1-59-57(61-58(43-20-9-4-10-21-43)60-39-40-16-5-2-6-17-40)44-30-28-42(29-31-44)46-32-35-55-52(37-46)50-25-12-14-27-54(50)62(55)48-33-34-51-49-24-11-13-26-53(49)63(56(51)38-48)47-23-15-22-45(36-47)41-18-7-3-8-19-41/h2-38H,1,39H2/b60-58-,61-57-. The average Bonchev–Trinajstić information content (AvgIpc) is 3.87. The molecule has 0 aliphatic heterocycles. The highest BCUT2D eigenvalue weighted by Crippen LogP contribution is 2.38. The first-order chi connectivity index (χ1) is 31.2. The average molecular weight is 808 g/mol. The molecule has 0 fully saturated rings. The Morgan fingerprint density at radius 3 is 1.62 bits per heavy atom. The maximum absolute atomic E-state index is 4.96. The van der Waals surface area contributed by atoms with Gasteiger partial charge in [0.05, 0.1) is 28.6 Å². The molecule has 0 saturated heterocycles. The van der Waals surface area contributed by atoms with Crippen molar-refractivity contribution in [2.24, 2.45) is 15.0 Å². The van der Waals surface area contributed by atoms with Gasteiger partial charge in [-0.05, 0) is 83.1 Å². The summed E-state index contributed by atoms with van der Waals surface area (Å²) in [5.41, 5.74) is 14.4. The van der Waals surface area contributed by atoms with E-state index in [1.165, 1.54) is 38.2 Å². The van der Waals surface area contributed by atoms with Crippen LogP contribution in [-0.2, 0) is 6.54 Å². The van der Waals surface area contributed by atoms with Crippen molar-refractivity contribution in [3.63, 3.8) is 0 Å². The number of amidine groups is 2. The maximum atomic E-state index is 4.96. The second-order valence-corrected chi connectivity index (χ2v) is 15.7. The van der Waals surface area contributed by atoms with Crippen LogP contribution in [0.2, 0.25) is 0 Å². The van der Waals surface area contributed by atoms with Gasteiger partial charge in [0.2, 0.25) is 0 Å². The van der Waals surface area contributed by atoms with Crippen molar-refractivity contribution in [2.75, 3.05) is 0 Å². The highest BCUT2D eigenvalue weighted by Gasteiger charge is 2.18. The van der Waals surface area contributed by atoms with Crippen molar-refractivity contribution in [2.45, 2.75) is 6.54 Å². The van der Waals surface area contributed by atoms with E-state index in [1.54, 1.807) is 0 Å². The quantitative estimate of drug-likeness (QED) is 0.108. The second kappa shape index (κ2) is 16.2. The summed E-state index contributed by atoms with van der Waals surface area (Å²) in [5.74, 6) is 1.14. The molecule has 0 aliphatic rings. The highest BCUT2D eigenvalue weighted by atomic mass is 15.0. The van der Waals surface area contributed by atoms with Crippen LogP contribution in [0.25, 0.3) is 77.2 Å². The number of aliphatic imine (C=N–C) groups is 3. The number of nitrogens with zero attached hydrogens (tertiary/aromatic N) is 5. The molecule has 0 atom stereocenters. The fourth-order valence-corrected chi connectivity index (χ4v) is 8.89. The number of hydrogen-bond acceptors (Lipinski definition) is 1. The van der Waals surface area contributed by atoms with E-state index in [4.69, 9.17) is 9.98 Å². The van der Waals surface area contributed by atoms with Crippen LogP contribution in [0.1, 0.15) is 16.7 Å². The topological polar surface area (TPSA) is 46.9 Å². The van der Waals surface area contributed by atoms with Crippen molar-refractivity contribution in [3.8, 4) is 33.6 Å². The lowest BCUT2D eigenvalue weighted by atomic mass is 10.0. The molecule has 298 valence electrons. The van der Waals surface area contributed by atoms with Crippen LogP contribution >= 0.6 is 0 Å². The smallest absolute Gasteiger partial charge is 0.161 e. The minimum Gasteiger partial charge on any atom is -0.309 e. The molecule has 0 unspecified atom stereocenters. The van der Waals surface area contributed by atoms with Crippen molar-refractivity contribution in [1.29, 1.82) is 0 Å². The van der Waals surface area contributed by atoms with E-state index in [1.807, 2.05) is 48.5 Å². The largest absolute Gasteiger partial charge is 0.309 e. The van der Waals surface area contributed by atoms with Crippen LogP contribution in [0, 0.1) is 0 Å². The zero-order chi connectivity index (χ0) is 42.1. The Kier molecular flexibility index (Phi) is 9.68. The summed E-state index contributed by atoms with van der Waals surface area (Å²) in [4.78, 5) is 14.2. The lowest BCUT2D eigenvalue weighted by Crippen LogP contribution is -2.05. The molecule has 9 aromatic carbocycles. The molecule has 11 rings (SSSR count). The molecule has 63 heavy (non-hydrogen) atoms. The first kappa shape index (κ1) is 37.6. The van der Waals surface area contributed by atoms with E-state index in [0.29, 0.717) is 18.2 Å². The Morgan fingerprint density at radius 2 is 0.889 bits per heavy atom. The summed E-state index contributed by atoms with van der Waals surface area (Å²) in [5, 5.41) is 4.86. The third-order valence-electron chi connectivity index (χ3n) is 11.9. The summed E-state index contributed by atoms with van der Waals surface area (Å²) in [6.07, 6.45) is 0. The minimum absolute atomic E-state index is 0.514. The normalized spacial score (nSPS) is 12.1. The Balaban J connectivity index is 0.977. The van der Waals surface area contributed by atoms with E-state index in [2.05, 4.69) is 197 Å². The summed E-state index contributed by atoms with van der Waals surface area (Å²) in [7, 11) is 0. The SMILES string of the molecule is C=N/C(=N\C(=N/Cc1ccccc1)c1ccccc1)c1ccc(-c2ccc3c(c2)c2ccccc2n3-c2ccc3c4ccccc4n(-c4cccc(-c5ccccc5)c4)c3c2)cc1. The number of hydrogen-bond donors (Lipinski definition) is 0. The third-order valence-corrected chi connectivity index (χ3v) is 11.9. The summed E-state index contributed by atoms with van der Waals surface area (Å²) >= 11 is 0. The van der Waals surface area contributed by atoms with Gasteiger partial charge < -0.3 is 9.13 Å². The maximum Gasteiger partial charge on any atom is 0.161 e. The lowest BCUT2D eigenvalue weighted by Gasteiger charge is -2.12. The van der Waals surface area contributed by atoms with Crippen LogP contribution in [0.5, 0.6) is 0 Å². The van der Waals surface area contributed by atoms with E-state index < -0.39 is 0 Å². The number of benzene rings is 9. The van der Waals surface area contributed by atoms with Gasteiger partial charge in [0.1, 0.15) is 0 Å². The zero-order valence-corrected chi connectivity index (χ0v) is 34.5. The van der Waals surface area contributed by atoms with E-state index in [9.17, 15) is 0 Å². The predicted octanol–water partition coefficient (Wildman–Crippen LogP) is 14.3. The minimum atomic E-state index is 0.514. The summed E-state index contributed by atoms with van der Waals surface area (Å²) in [6, 6.07) is 79.3. The van der Waals surface area contributed by atoms with Gasteiger partial charge in [-0.3, -0.25) is 4.99 Å². The molecule has 5 nitrogen and oxygen atoms in total. The lowest BCUT2D eigenvalue weighted by molar-refractivity contribution is 1.06. The highest BCUT2D eigenvalue weighted by molar-refractivity contribution is 6.14. The van der Waals surface area contributed by atoms with Crippen LogP contribution in [-0.4, -0.2) is 27.5 Å². The van der Waals surface area contributed by atoms with Crippen LogP contribution in [0.15, 0.2) is 239 Å². The zero-order valence-electron chi connectivity index (χ0n) is 34.5. The molecule has 0 radical (unpaired) electrons. The van der Waals surface area contributed by atoms with Crippen LogP contribution < -0.4 is 0 Å². The van der Waals surface area contributed by atoms with Gasteiger partial charge in [0.15, 0.2) is 11.7 Å². The molecular formula is C58H41N5. The Hall–Kier alpha value is -8.41. The molecule has 0 N–H and O–H groups in total. The number of fused-ring (bicyclic) bond motifs is 6. The fourth-order valence-electron chi connectivity index (χ4n) is 8.89. The van der Waals surface area contributed by atoms with Crippen LogP contribution in [0.4, 0.5) is 0 Å². The molecule has 0 amide bonds. The van der Waals surface area contributed by atoms with Gasteiger partial charge in [-0.25, -0.2) is 9.98 Å². The Labute approximate surface area is 365 Å². The Morgan fingerprint density at radius 1 is 0.365 bits per heavy atom. The van der Waals surface area contributed by atoms with Gasteiger partial charge in [-0.2, -0.15) is 0 Å². The molecule has 5 heteroatoms. The van der Waals surface area contributed by atoms with Crippen molar-refractivity contribution < 1.29 is 0 Å². The third kappa shape index (κ3) is 7.02. The van der Waals surface area contributed by atoms with Crippen molar-refractivity contribution in [1.82, 2.24) is 9.13 Å². The van der Waals surface area contributed by atoms with Gasteiger partial charge in [0.25, 0.3) is 0 Å². The van der Waals surface area contributed by atoms with Gasteiger partial charge >= 0.3 is 0 Å². The second-order valence-electron chi connectivity index (χ2n) is 15.7. The number of para-hydroxylation sites is 2. The Bertz CT molecular complexity index is 3520. The first-order valence-corrected chi connectivity index (χ1v) is 21.2. The molecule has 11 aromatic rings. The molecule has 2 heterocycles. The van der Waals surface area contributed by atoms with Crippen molar-refractivity contribution in [3.05, 3.63) is 241 Å². The van der Waals surface area contributed by atoms with E-state index in [-0.39, 0.29) is 0 Å². The van der Waals surface area contributed by atoms with Crippen molar-refractivity contribution >= 4 is 62.0 Å². The molecule has 0 aliphatic carbocycles. The molecule has 0 spiro atoms. The van der Waals surface area contributed by atoms with E-state index in [0.717, 1.165) is 55.7 Å². The number of aromatic nitrogens is 2. The summed E-state index contributed by atoms with van der Waals surface area (Å²) in [6.45, 7) is 4.41. The van der Waals surface area contributed by atoms with Gasteiger partial charge in [0, 0.05) is 44.0 Å². The predicted molar refractivity (Wildman–Crippen MR) is 265 cm³/mol. The first-order valence-electron chi connectivity index (χ1n) is 21.2. The monoisotopic (exact) mass is 807 g/mol. The molecule has 0 bridgehead atoms. The molecule has 2 aromatic heterocycles. The molecular weight excluding hydrogens is 767 g/mol. The van der Waals surface area contributed by atoms with Gasteiger partial charge in [-0.1, -0.05) is 176 Å². The van der Waals surface area contributed by atoms with Crippen LogP contribution in [0.3, 0.4) is 0 Å². The fraction of sp³-hybridized carbons (Fsp3) is 0.0172. The summed E-state index contributed by atoms with van der Waals surface area (Å²) < 4.78 is 4.82. The molecule has 0 saturated carbocycles. The van der Waals surface area contributed by atoms with Gasteiger partial charge in [-0.15, -0.1) is 0 Å².